The molecule has 0 bridgehead atoms. The third-order valence-electron chi connectivity index (χ3n) is 3.29. The third kappa shape index (κ3) is 4.60. The molecular formula is C17H18Cl2N2O3. The van der Waals surface area contributed by atoms with Gasteiger partial charge in [0.05, 0.1) is 29.5 Å². The number of nitrogens with zero attached hydrogens (tertiary/aromatic N) is 2. The maximum Gasteiger partial charge on any atom is 0.257 e. The lowest BCUT2D eigenvalue weighted by molar-refractivity contribution is 0.223. The number of ether oxygens (including phenoxy) is 2. The van der Waals surface area contributed by atoms with Gasteiger partial charge in [0.2, 0.25) is 0 Å². The van der Waals surface area contributed by atoms with Gasteiger partial charge in [0, 0.05) is 31.8 Å². The first-order valence-corrected chi connectivity index (χ1v) is 8.07. The normalized spacial score (nSPS) is 10.5. The van der Waals surface area contributed by atoms with E-state index in [4.69, 9.17) is 37.8 Å². The molecule has 2 aromatic heterocycles. The fraction of sp³-hybridized carbons (Fsp3) is 0.294. The molecule has 0 amide bonds. The second-order valence-corrected chi connectivity index (χ2v) is 5.81. The first-order valence-electron chi connectivity index (χ1n) is 7.31. The highest BCUT2D eigenvalue weighted by molar-refractivity contribution is 6.35. The van der Waals surface area contributed by atoms with Crippen LogP contribution in [0.15, 0.2) is 31.1 Å². The molecule has 7 heteroatoms. The van der Waals surface area contributed by atoms with E-state index in [2.05, 4.69) is 16.5 Å². The van der Waals surface area contributed by atoms with Crippen LogP contribution in [0.2, 0.25) is 10.0 Å². The Kier molecular flexibility index (Phi) is 6.85. The van der Waals surface area contributed by atoms with Crippen molar-refractivity contribution < 1.29 is 14.6 Å². The third-order valence-corrected chi connectivity index (χ3v) is 3.94. The number of hydrogen-bond donors (Lipinski definition) is 1. The van der Waals surface area contributed by atoms with Crippen molar-refractivity contribution in [2.75, 3.05) is 20.3 Å². The lowest BCUT2D eigenvalue weighted by Gasteiger charge is -2.13. The zero-order valence-electron chi connectivity index (χ0n) is 13.3. The van der Waals surface area contributed by atoms with E-state index in [1.807, 2.05) is 0 Å². The zero-order valence-corrected chi connectivity index (χ0v) is 14.8. The van der Waals surface area contributed by atoms with Crippen molar-refractivity contribution in [2.45, 2.75) is 12.8 Å². The number of methoxy groups -OCH3 is 1. The van der Waals surface area contributed by atoms with E-state index in [-0.39, 0.29) is 6.61 Å². The maximum atomic E-state index is 8.85. The SMILES string of the molecule is C=C(Cc1c(Cl)cncc1Cl)c1ccc(OC)c(OCCCO)n1. The Hall–Kier alpha value is -1.82. The average molecular weight is 369 g/mol. The van der Waals surface area contributed by atoms with Crippen molar-refractivity contribution in [2.24, 2.45) is 0 Å². The van der Waals surface area contributed by atoms with Crippen LogP contribution in [0, 0.1) is 0 Å². The highest BCUT2D eigenvalue weighted by atomic mass is 35.5. The van der Waals surface area contributed by atoms with Crippen molar-refractivity contribution in [3.8, 4) is 11.6 Å². The first-order chi connectivity index (χ1) is 11.6. The van der Waals surface area contributed by atoms with Crippen LogP contribution in [0.5, 0.6) is 11.6 Å². The van der Waals surface area contributed by atoms with Crippen LogP contribution in [0.4, 0.5) is 0 Å². The number of pyridine rings is 2. The molecule has 0 fully saturated rings. The summed E-state index contributed by atoms with van der Waals surface area (Å²) in [4.78, 5) is 8.38. The molecule has 128 valence electrons. The summed E-state index contributed by atoms with van der Waals surface area (Å²) in [6.07, 6.45) is 4.04. The van der Waals surface area contributed by atoms with Gasteiger partial charge in [-0.15, -0.1) is 0 Å². The number of rotatable bonds is 8. The van der Waals surface area contributed by atoms with Gasteiger partial charge in [-0.25, -0.2) is 4.98 Å². The Morgan fingerprint density at radius 2 is 1.96 bits per heavy atom. The van der Waals surface area contributed by atoms with Gasteiger partial charge in [-0.3, -0.25) is 4.98 Å². The smallest absolute Gasteiger partial charge is 0.257 e. The fourth-order valence-electron chi connectivity index (χ4n) is 2.03. The van der Waals surface area contributed by atoms with Crippen molar-refractivity contribution >= 4 is 28.8 Å². The van der Waals surface area contributed by atoms with Gasteiger partial charge >= 0.3 is 0 Å². The molecule has 0 atom stereocenters. The molecule has 0 unspecified atom stereocenters. The molecule has 2 aromatic rings. The zero-order chi connectivity index (χ0) is 17.5. The van der Waals surface area contributed by atoms with E-state index in [9.17, 15) is 0 Å². The summed E-state index contributed by atoms with van der Waals surface area (Å²) >= 11 is 12.3. The molecule has 0 aliphatic carbocycles. The molecule has 0 saturated heterocycles. The van der Waals surface area contributed by atoms with Crippen LogP contribution in [0.3, 0.4) is 0 Å². The van der Waals surface area contributed by atoms with Gasteiger partial charge in [0.25, 0.3) is 5.88 Å². The minimum absolute atomic E-state index is 0.0494. The molecule has 24 heavy (non-hydrogen) atoms. The second kappa shape index (κ2) is 8.87. The Bertz CT molecular complexity index is 703. The van der Waals surface area contributed by atoms with Crippen molar-refractivity contribution in [1.29, 1.82) is 0 Å². The summed E-state index contributed by atoms with van der Waals surface area (Å²) in [7, 11) is 1.54. The molecule has 0 aromatic carbocycles. The van der Waals surface area contributed by atoms with E-state index in [1.165, 1.54) is 0 Å². The molecular weight excluding hydrogens is 351 g/mol. The number of aromatic nitrogens is 2. The van der Waals surface area contributed by atoms with Crippen molar-refractivity contribution in [3.63, 3.8) is 0 Å². The molecule has 0 spiro atoms. The number of aliphatic hydroxyl groups excluding tert-OH is 1. The first kappa shape index (κ1) is 18.5. The lowest BCUT2D eigenvalue weighted by Crippen LogP contribution is -2.04. The average Bonchev–Trinajstić information content (AvgIpc) is 2.58. The van der Waals surface area contributed by atoms with Gasteiger partial charge in [-0.2, -0.15) is 0 Å². The number of aliphatic hydroxyl groups is 1. The molecule has 5 nitrogen and oxygen atoms in total. The van der Waals surface area contributed by atoms with Gasteiger partial charge < -0.3 is 14.6 Å². The maximum absolute atomic E-state index is 8.85. The van der Waals surface area contributed by atoms with Gasteiger partial charge in [-0.05, 0) is 23.3 Å². The van der Waals surface area contributed by atoms with Crippen LogP contribution in [0.1, 0.15) is 17.7 Å². The highest BCUT2D eigenvalue weighted by Gasteiger charge is 2.13. The molecule has 0 aliphatic heterocycles. The molecule has 0 aliphatic rings. The Labute approximate surface area is 150 Å². The van der Waals surface area contributed by atoms with Crippen LogP contribution in [-0.4, -0.2) is 35.4 Å². The predicted molar refractivity (Wildman–Crippen MR) is 95.0 cm³/mol. The molecule has 0 radical (unpaired) electrons. The summed E-state index contributed by atoms with van der Waals surface area (Å²) in [5, 5.41) is 9.82. The minimum Gasteiger partial charge on any atom is -0.491 e. The summed E-state index contributed by atoms with van der Waals surface area (Å²) in [5.74, 6) is 0.876. The number of halogens is 2. The Morgan fingerprint density at radius 3 is 2.58 bits per heavy atom. The van der Waals surface area contributed by atoms with Gasteiger partial charge in [0.15, 0.2) is 5.75 Å². The molecule has 2 rings (SSSR count). The Balaban J connectivity index is 2.21. The van der Waals surface area contributed by atoms with Gasteiger partial charge in [0.1, 0.15) is 0 Å². The van der Waals surface area contributed by atoms with E-state index in [0.29, 0.717) is 46.8 Å². The summed E-state index contributed by atoms with van der Waals surface area (Å²) in [6.45, 7) is 4.45. The van der Waals surface area contributed by atoms with Crippen molar-refractivity contribution in [1.82, 2.24) is 9.97 Å². The number of allylic oxidation sites excluding steroid dienone is 1. The van der Waals surface area contributed by atoms with Crippen LogP contribution in [-0.2, 0) is 6.42 Å². The summed E-state index contributed by atoms with van der Waals surface area (Å²) in [5.41, 5.74) is 2.14. The van der Waals surface area contributed by atoms with E-state index >= 15 is 0 Å². The molecule has 1 N–H and O–H groups in total. The van der Waals surface area contributed by atoms with E-state index in [1.54, 1.807) is 31.6 Å². The molecule has 2 heterocycles. The summed E-state index contributed by atoms with van der Waals surface area (Å²) < 4.78 is 10.8. The van der Waals surface area contributed by atoms with Crippen LogP contribution >= 0.6 is 23.2 Å². The standard InChI is InChI=1S/C17H18Cl2N2O3/c1-11(8-12-13(18)9-20-10-14(12)19)15-4-5-16(23-2)17(21-15)24-7-3-6-22/h4-5,9-10,22H,1,3,6-8H2,2H3. The molecule has 0 saturated carbocycles. The van der Waals surface area contributed by atoms with E-state index in [0.717, 1.165) is 11.1 Å². The minimum atomic E-state index is 0.0494. The van der Waals surface area contributed by atoms with E-state index < -0.39 is 0 Å². The summed E-state index contributed by atoms with van der Waals surface area (Å²) in [6, 6.07) is 3.56. The highest BCUT2D eigenvalue weighted by Crippen LogP contribution is 2.31. The fourth-order valence-corrected chi connectivity index (χ4v) is 2.53. The number of hydrogen-bond acceptors (Lipinski definition) is 5. The van der Waals surface area contributed by atoms with Crippen LogP contribution < -0.4 is 9.47 Å². The van der Waals surface area contributed by atoms with Crippen molar-refractivity contribution in [3.05, 3.63) is 52.4 Å². The largest absolute Gasteiger partial charge is 0.491 e. The lowest BCUT2D eigenvalue weighted by atomic mass is 10.0. The monoisotopic (exact) mass is 368 g/mol. The quantitative estimate of drug-likeness (QED) is 0.717. The van der Waals surface area contributed by atoms with Crippen LogP contribution in [0.25, 0.3) is 5.57 Å². The second-order valence-electron chi connectivity index (χ2n) is 4.99. The topological polar surface area (TPSA) is 64.5 Å². The Morgan fingerprint density at radius 1 is 1.25 bits per heavy atom. The predicted octanol–water partition coefficient (Wildman–Crippen LogP) is 3.81. The van der Waals surface area contributed by atoms with Gasteiger partial charge in [-0.1, -0.05) is 29.8 Å².